The Morgan fingerprint density at radius 3 is 2.80 bits per heavy atom. The lowest BCUT2D eigenvalue weighted by Gasteiger charge is -2.21. The van der Waals surface area contributed by atoms with Crippen molar-refractivity contribution in [1.82, 2.24) is 0 Å². The van der Waals surface area contributed by atoms with Crippen molar-refractivity contribution in [2.45, 2.75) is 12.8 Å². The summed E-state index contributed by atoms with van der Waals surface area (Å²) in [5, 5.41) is 0. The summed E-state index contributed by atoms with van der Waals surface area (Å²) < 4.78 is 20.3. The average molecular weight is 278 g/mol. The maximum absolute atomic E-state index is 12.0. The Labute approximate surface area is 115 Å². The van der Waals surface area contributed by atoms with E-state index in [2.05, 4.69) is 0 Å². The Kier molecular flexibility index (Phi) is 3.00. The van der Waals surface area contributed by atoms with Gasteiger partial charge in [-0.2, -0.15) is 0 Å². The molecule has 0 spiro atoms. The minimum atomic E-state index is -1.25. The molecule has 0 bridgehead atoms. The summed E-state index contributed by atoms with van der Waals surface area (Å²) in [6, 6.07) is 5.35. The lowest BCUT2D eigenvalue weighted by Crippen LogP contribution is -2.38. The molecule has 2 aliphatic heterocycles. The highest BCUT2D eigenvalue weighted by Crippen LogP contribution is 2.38. The van der Waals surface area contributed by atoms with Gasteiger partial charge in [-0.15, -0.1) is 0 Å². The van der Waals surface area contributed by atoms with Crippen LogP contribution in [-0.2, 0) is 25.5 Å². The summed E-state index contributed by atoms with van der Waals surface area (Å²) in [5.74, 6) is 0.198. The fourth-order valence-electron chi connectivity index (χ4n) is 2.57. The van der Waals surface area contributed by atoms with Crippen LogP contribution in [0, 0.1) is 5.41 Å². The van der Waals surface area contributed by atoms with Gasteiger partial charge >= 0.3 is 11.9 Å². The third kappa shape index (κ3) is 1.88. The molecule has 0 aromatic heterocycles. The van der Waals surface area contributed by atoms with Gasteiger partial charge in [0.25, 0.3) is 0 Å². The topological polar surface area (TPSA) is 71.1 Å². The zero-order valence-corrected chi connectivity index (χ0v) is 11.0. The second-order valence-electron chi connectivity index (χ2n) is 4.82. The van der Waals surface area contributed by atoms with E-state index in [0.29, 0.717) is 17.9 Å². The molecule has 1 saturated heterocycles. The minimum Gasteiger partial charge on any atom is -0.468 e. The summed E-state index contributed by atoms with van der Waals surface area (Å²) >= 11 is 0. The van der Waals surface area contributed by atoms with E-state index in [1.165, 1.54) is 7.11 Å². The van der Waals surface area contributed by atoms with Gasteiger partial charge in [0.2, 0.25) is 6.79 Å². The molecule has 106 valence electrons. The quantitative estimate of drug-likeness (QED) is 0.608. The van der Waals surface area contributed by atoms with E-state index >= 15 is 0 Å². The van der Waals surface area contributed by atoms with Gasteiger partial charge in [-0.05, 0) is 24.1 Å². The summed E-state index contributed by atoms with van der Waals surface area (Å²) in [4.78, 5) is 24.0. The first kappa shape index (κ1) is 12.8. The number of rotatable bonds is 3. The minimum absolute atomic E-state index is 0.184. The van der Waals surface area contributed by atoms with Gasteiger partial charge in [0.05, 0.1) is 13.7 Å². The molecule has 2 aliphatic rings. The molecule has 1 atom stereocenters. The molecule has 3 rings (SSSR count). The van der Waals surface area contributed by atoms with Crippen LogP contribution in [0.3, 0.4) is 0 Å². The first-order chi connectivity index (χ1) is 9.65. The predicted octanol–water partition coefficient (Wildman–Crippen LogP) is 1.06. The van der Waals surface area contributed by atoms with Crippen LogP contribution in [0.4, 0.5) is 0 Å². The van der Waals surface area contributed by atoms with Crippen LogP contribution >= 0.6 is 0 Å². The van der Waals surface area contributed by atoms with Gasteiger partial charge in [0.1, 0.15) is 0 Å². The standard InChI is InChI=1S/C14H14O6/c1-17-12(15)14(4-5-18-13(14)16)7-9-2-3-10-11(6-9)20-8-19-10/h2-3,6H,4-5,7-8H2,1H3. The third-order valence-corrected chi connectivity index (χ3v) is 3.67. The van der Waals surface area contributed by atoms with E-state index < -0.39 is 17.4 Å². The molecular weight excluding hydrogens is 264 g/mol. The fourth-order valence-corrected chi connectivity index (χ4v) is 2.57. The van der Waals surface area contributed by atoms with Crippen molar-refractivity contribution >= 4 is 11.9 Å². The lowest BCUT2D eigenvalue weighted by molar-refractivity contribution is -0.162. The number of hydrogen-bond donors (Lipinski definition) is 0. The Morgan fingerprint density at radius 2 is 2.10 bits per heavy atom. The summed E-state index contributed by atoms with van der Waals surface area (Å²) in [7, 11) is 1.27. The third-order valence-electron chi connectivity index (χ3n) is 3.67. The Hall–Kier alpha value is -2.24. The van der Waals surface area contributed by atoms with Gasteiger partial charge in [-0.3, -0.25) is 9.59 Å². The average Bonchev–Trinajstić information content (AvgIpc) is 3.05. The number of benzene rings is 1. The van der Waals surface area contributed by atoms with E-state index in [1.54, 1.807) is 12.1 Å². The Balaban J connectivity index is 1.91. The molecule has 1 fully saturated rings. The van der Waals surface area contributed by atoms with E-state index in [4.69, 9.17) is 18.9 Å². The zero-order chi connectivity index (χ0) is 14.2. The van der Waals surface area contributed by atoms with Crippen molar-refractivity contribution in [1.29, 1.82) is 0 Å². The molecule has 0 amide bonds. The van der Waals surface area contributed by atoms with Gasteiger partial charge < -0.3 is 18.9 Å². The van der Waals surface area contributed by atoms with Crippen LogP contribution in [0.1, 0.15) is 12.0 Å². The predicted molar refractivity (Wildman–Crippen MR) is 66.3 cm³/mol. The van der Waals surface area contributed by atoms with Crippen LogP contribution in [-0.4, -0.2) is 32.4 Å². The number of fused-ring (bicyclic) bond motifs is 1. The van der Waals surface area contributed by atoms with Crippen LogP contribution in [0.15, 0.2) is 18.2 Å². The van der Waals surface area contributed by atoms with E-state index in [9.17, 15) is 9.59 Å². The summed E-state index contributed by atoms with van der Waals surface area (Å²) in [6.07, 6.45) is 0.558. The van der Waals surface area contributed by atoms with E-state index in [1.807, 2.05) is 6.07 Å². The molecule has 0 N–H and O–H groups in total. The van der Waals surface area contributed by atoms with Gasteiger partial charge in [-0.25, -0.2) is 0 Å². The highest BCUT2D eigenvalue weighted by Gasteiger charge is 2.52. The smallest absolute Gasteiger partial charge is 0.323 e. The SMILES string of the molecule is COC(=O)C1(Cc2ccc3c(c2)OCO3)CCOC1=O. The van der Waals surface area contributed by atoms with Crippen molar-refractivity contribution in [2.75, 3.05) is 20.5 Å². The number of carbonyl (C=O) groups excluding carboxylic acids is 2. The second-order valence-corrected chi connectivity index (χ2v) is 4.82. The zero-order valence-electron chi connectivity index (χ0n) is 11.0. The van der Waals surface area contributed by atoms with Crippen LogP contribution < -0.4 is 9.47 Å². The van der Waals surface area contributed by atoms with Crippen molar-refractivity contribution < 1.29 is 28.5 Å². The molecule has 0 saturated carbocycles. The number of ether oxygens (including phenoxy) is 4. The van der Waals surface area contributed by atoms with E-state index in [-0.39, 0.29) is 19.8 Å². The number of methoxy groups -OCH3 is 1. The Bertz CT molecular complexity index is 567. The summed E-state index contributed by atoms with van der Waals surface area (Å²) in [6.45, 7) is 0.418. The molecular formula is C14H14O6. The number of cyclic esters (lactones) is 1. The molecule has 1 aromatic rings. The molecule has 6 heteroatoms. The van der Waals surface area contributed by atoms with Crippen molar-refractivity contribution in [2.24, 2.45) is 5.41 Å². The highest BCUT2D eigenvalue weighted by atomic mass is 16.7. The lowest BCUT2D eigenvalue weighted by atomic mass is 9.80. The first-order valence-corrected chi connectivity index (χ1v) is 6.30. The summed E-state index contributed by atoms with van der Waals surface area (Å²) in [5.41, 5.74) is -0.443. The van der Waals surface area contributed by atoms with Crippen LogP contribution in [0.2, 0.25) is 0 Å². The van der Waals surface area contributed by atoms with Crippen molar-refractivity contribution in [3.63, 3.8) is 0 Å². The largest absolute Gasteiger partial charge is 0.468 e. The fraction of sp³-hybridized carbons (Fsp3) is 0.429. The Morgan fingerprint density at radius 1 is 1.30 bits per heavy atom. The molecule has 20 heavy (non-hydrogen) atoms. The maximum atomic E-state index is 12.0. The second kappa shape index (κ2) is 4.70. The van der Waals surface area contributed by atoms with Crippen molar-refractivity contribution in [3.05, 3.63) is 23.8 Å². The first-order valence-electron chi connectivity index (χ1n) is 6.30. The van der Waals surface area contributed by atoms with E-state index in [0.717, 1.165) is 5.56 Å². The molecule has 0 aliphatic carbocycles. The van der Waals surface area contributed by atoms with Crippen LogP contribution in [0.5, 0.6) is 11.5 Å². The molecule has 2 heterocycles. The normalized spacial score (nSPS) is 23.6. The maximum Gasteiger partial charge on any atom is 0.323 e. The number of esters is 2. The van der Waals surface area contributed by atoms with Crippen molar-refractivity contribution in [3.8, 4) is 11.5 Å². The molecule has 6 nitrogen and oxygen atoms in total. The molecule has 0 radical (unpaired) electrons. The monoisotopic (exact) mass is 278 g/mol. The number of hydrogen-bond acceptors (Lipinski definition) is 6. The molecule has 1 unspecified atom stereocenters. The highest BCUT2D eigenvalue weighted by molar-refractivity contribution is 6.01. The molecule has 1 aromatic carbocycles. The van der Waals surface area contributed by atoms with Crippen LogP contribution in [0.25, 0.3) is 0 Å². The number of carbonyl (C=O) groups is 2. The van der Waals surface area contributed by atoms with Gasteiger partial charge in [0.15, 0.2) is 16.9 Å². The van der Waals surface area contributed by atoms with Gasteiger partial charge in [0, 0.05) is 6.42 Å². The van der Waals surface area contributed by atoms with Gasteiger partial charge in [-0.1, -0.05) is 6.07 Å².